The van der Waals surface area contributed by atoms with Crippen LogP contribution in [0, 0.1) is 6.92 Å². The molecule has 0 bridgehead atoms. The van der Waals surface area contributed by atoms with Crippen LogP contribution < -0.4 is 10.9 Å². The molecule has 1 aromatic heterocycles. The highest BCUT2D eigenvalue weighted by atomic mass is 16.5. The molecule has 0 aliphatic heterocycles. The summed E-state index contributed by atoms with van der Waals surface area (Å²) in [7, 11) is 1.69. The Kier molecular flexibility index (Phi) is 6.50. The Morgan fingerprint density at radius 2 is 2.24 bits per heavy atom. The minimum Gasteiger partial charge on any atom is -0.383 e. The molecule has 17 heavy (non-hydrogen) atoms. The van der Waals surface area contributed by atoms with Crippen molar-refractivity contribution in [3.05, 3.63) is 28.4 Å². The topological polar surface area (TPSA) is 56.1 Å². The maximum absolute atomic E-state index is 11.5. The van der Waals surface area contributed by atoms with E-state index in [1.807, 2.05) is 6.92 Å². The van der Waals surface area contributed by atoms with E-state index in [9.17, 15) is 4.79 Å². The van der Waals surface area contributed by atoms with Crippen molar-refractivity contribution in [3.63, 3.8) is 0 Å². The number of aromatic nitrogens is 2. The molecule has 96 valence electrons. The molecular formula is C12H21N3O2. The van der Waals surface area contributed by atoms with Gasteiger partial charge in [0, 0.05) is 32.0 Å². The largest absolute Gasteiger partial charge is 0.383 e. The lowest BCUT2D eigenvalue weighted by atomic mass is 10.3. The molecule has 5 nitrogen and oxygen atoms in total. The summed E-state index contributed by atoms with van der Waals surface area (Å²) < 4.78 is 6.58. The van der Waals surface area contributed by atoms with Gasteiger partial charge < -0.3 is 10.1 Å². The second-order valence-electron chi connectivity index (χ2n) is 4.01. The number of hydrogen-bond donors (Lipinski definition) is 1. The van der Waals surface area contributed by atoms with E-state index in [0.717, 1.165) is 44.8 Å². The van der Waals surface area contributed by atoms with Gasteiger partial charge in [-0.25, -0.2) is 4.98 Å². The zero-order valence-corrected chi connectivity index (χ0v) is 10.6. The van der Waals surface area contributed by atoms with Crippen LogP contribution in [-0.4, -0.2) is 36.4 Å². The van der Waals surface area contributed by atoms with Gasteiger partial charge in [-0.15, -0.1) is 0 Å². The summed E-state index contributed by atoms with van der Waals surface area (Å²) in [5.41, 5.74) is 0.803. The van der Waals surface area contributed by atoms with Gasteiger partial charge in [-0.05, 0) is 26.3 Å². The number of rotatable bonds is 8. The summed E-state index contributed by atoms with van der Waals surface area (Å²) in [5, 5.41) is 3.27. The van der Waals surface area contributed by atoms with Gasteiger partial charge in [0.05, 0.1) is 12.9 Å². The monoisotopic (exact) mass is 239 g/mol. The van der Waals surface area contributed by atoms with E-state index in [0.29, 0.717) is 0 Å². The van der Waals surface area contributed by atoms with Crippen LogP contribution in [0.3, 0.4) is 0 Å². The Morgan fingerprint density at radius 3 is 2.94 bits per heavy atom. The lowest BCUT2D eigenvalue weighted by Gasteiger charge is -2.06. The molecule has 0 saturated heterocycles. The molecule has 0 aliphatic carbocycles. The fourth-order valence-electron chi connectivity index (χ4n) is 1.52. The zero-order valence-electron chi connectivity index (χ0n) is 10.6. The van der Waals surface area contributed by atoms with Gasteiger partial charge in [0.15, 0.2) is 0 Å². The van der Waals surface area contributed by atoms with Crippen LogP contribution in [0.25, 0.3) is 0 Å². The molecule has 0 unspecified atom stereocenters. The quantitative estimate of drug-likeness (QED) is 0.674. The summed E-state index contributed by atoms with van der Waals surface area (Å²) in [4.78, 5) is 15.6. The van der Waals surface area contributed by atoms with E-state index < -0.39 is 0 Å². The molecule has 0 fully saturated rings. The van der Waals surface area contributed by atoms with Crippen LogP contribution in [0.5, 0.6) is 0 Å². The summed E-state index contributed by atoms with van der Waals surface area (Å²) in [5.74, 6) is 0. The average Bonchev–Trinajstić information content (AvgIpc) is 2.30. The van der Waals surface area contributed by atoms with Crippen molar-refractivity contribution in [2.75, 3.05) is 26.8 Å². The van der Waals surface area contributed by atoms with Gasteiger partial charge in [0.2, 0.25) is 0 Å². The summed E-state index contributed by atoms with van der Waals surface area (Å²) in [6, 6.07) is 1.57. The van der Waals surface area contributed by atoms with Gasteiger partial charge in [0.25, 0.3) is 5.56 Å². The van der Waals surface area contributed by atoms with E-state index in [4.69, 9.17) is 4.74 Å². The molecule has 1 rings (SSSR count). The molecule has 0 saturated carbocycles. The Hall–Kier alpha value is -1.20. The van der Waals surface area contributed by atoms with Crippen LogP contribution >= 0.6 is 0 Å². The van der Waals surface area contributed by atoms with Crippen molar-refractivity contribution >= 4 is 0 Å². The number of hydrogen-bond acceptors (Lipinski definition) is 4. The summed E-state index contributed by atoms with van der Waals surface area (Å²) in [6.07, 6.45) is 3.64. The number of nitrogens with zero attached hydrogens (tertiary/aromatic N) is 2. The van der Waals surface area contributed by atoms with E-state index in [1.54, 1.807) is 24.1 Å². The van der Waals surface area contributed by atoms with E-state index in [2.05, 4.69) is 10.3 Å². The molecule has 1 aromatic rings. The Bertz CT molecular complexity index is 376. The molecule has 0 amide bonds. The van der Waals surface area contributed by atoms with Gasteiger partial charge in [-0.1, -0.05) is 0 Å². The zero-order chi connectivity index (χ0) is 12.5. The van der Waals surface area contributed by atoms with E-state index >= 15 is 0 Å². The molecule has 0 spiro atoms. The van der Waals surface area contributed by atoms with Crippen LogP contribution in [0.1, 0.15) is 18.5 Å². The Labute approximate surface area is 102 Å². The van der Waals surface area contributed by atoms with Crippen LogP contribution in [0.2, 0.25) is 0 Å². The molecular weight excluding hydrogens is 218 g/mol. The molecule has 1 N–H and O–H groups in total. The molecule has 5 heteroatoms. The molecule has 0 aliphatic rings. The second kappa shape index (κ2) is 7.97. The standard InChI is InChI=1S/C12H21N3O2/c1-11-9-12(16)15(10-14-11)7-4-3-5-13-6-8-17-2/h9-10,13H,3-8H2,1-2H3. The fourth-order valence-corrected chi connectivity index (χ4v) is 1.52. The minimum absolute atomic E-state index is 0.0323. The molecule has 1 heterocycles. The Balaban J connectivity index is 2.16. The lowest BCUT2D eigenvalue weighted by Crippen LogP contribution is -2.22. The van der Waals surface area contributed by atoms with Crippen LogP contribution in [0.4, 0.5) is 0 Å². The lowest BCUT2D eigenvalue weighted by molar-refractivity contribution is 0.199. The first kappa shape index (κ1) is 13.9. The van der Waals surface area contributed by atoms with E-state index in [1.165, 1.54) is 0 Å². The number of unbranched alkanes of at least 4 members (excludes halogenated alkanes) is 1. The highest BCUT2D eigenvalue weighted by Gasteiger charge is 1.96. The minimum atomic E-state index is 0.0323. The highest BCUT2D eigenvalue weighted by Crippen LogP contribution is 1.92. The maximum atomic E-state index is 11.5. The first-order valence-corrected chi connectivity index (χ1v) is 5.97. The predicted molar refractivity (Wildman–Crippen MR) is 67.2 cm³/mol. The normalized spacial score (nSPS) is 10.7. The van der Waals surface area contributed by atoms with Gasteiger partial charge >= 0.3 is 0 Å². The first-order chi connectivity index (χ1) is 8.24. The third-order valence-electron chi connectivity index (χ3n) is 2.50. The third kappa shape index (κ3) is 5.60. The van der Waals surface area contributed by atoms with Crippen LogP contribution in [0.15, 0.2) is 17.2 Å². The number of ether oxygens (including phenoxy) is 1. The first-order valence-electron chi connectivity index (χ1n) is 5.97. The molecule has 0 aromatic carbocycles. The smallest absolute Gasteiger partial charge is 0.253 e. The van der Waals surface area contributed by atoms with Crippen molar-refractivity contribution < 1.29 is 4.74 Å². The summed E-state index contributed by atoms with van der Waals surface area (Å²) in [6.45, 7) is 5.13. The van der Waals surface area contributed by atoms with Crippen molar-refractivity contribution in [1.29, 1.82) is 0 Å². The maximum Gasteiger partial charge on any atom is 0.253 e. The third-order valence-corrected chi connectivity index (χ3v) is 2.50. The van der Waals surface area contributed by atoms with Crippen LogP contribution in [-0.2, 0) is 11.3 Å². The van der Waals surface area contributed by atoms with E-state index in [-0.39, 0.29) is 5.56 Å². The van der Waals surface area contributed by atoms with Gasteiger partial charge in [0.1, 0.15) is 0 Å². The van der Waals surface area contributed by atoms with Gasteiger partial charge in [-0.2, -0.15) is 0 Å². The van der Waals surface area contributed by atoms with Crippen molar-refractivity contribution in [1.82, 2.24) is 14.9 Å². The van der Waals surface area contributed by atoms with Crippen molar-refractivity contribution in [3.8, 4) is 0 Å². The molecule has 0 radical (unpaired) electrons. The average molecular weight is 239 g/mol. The van der Waals surface area contributed by atoms with Crippen molar-refractivity contribution in [2.24, 2.45) is 0 Å². The predicted octanol–water partition coefficient (Wildman–Crippen LogP) is 0.568. The van der Waals surface area contributed by atoms with Gasteiger partial charge in [-0.3, -0.25) is 9.36 Å². The second-order valence-corrected chi connectivity index (χ2v) is 4.01. The Morgan fingerprint density at radius 1 is 1.41 bits per heavy atom. The number of aryl methyl sites for hydroxylation is 2. The number of methoxy groups -OCH3 is 1. The number of nitrogens with one attached hydrogen (secondary N) is 1. The summed E-state index contributed by atoms with van der Waals surface area (Å²) >= 11 is 0. The SMILES string of the molecule is COCCNCCCCn1cnc(C)cc1=O. The fraction of sp³-hybridized carbons (Fsp3) is 0.667. The molecule has 0 atom stereocenters. The van der Waals surface area contributed by atoms with Crippen molar-refractivity contribution in [2.45, 2.75) is 26.3 Å². The highest BCUT2D eigenvalue weighted by molar-refractivity contribution is 4.95.